The van der Waals surface area contributed by atoms with Gasteiger partial charge in [-0.2, -0.15) is 0 Å². The predicted molar refractivity (Wildman–Crippen MR) is 232 cm³/mol. The first-order chi connectivity index (χ1) is 26.3. The molecule has 0 unspecified atom stereocenters. The van der Waals surface area contributed by atoms with Crippen LogP contribution in [0.1, 0.15) is 108 Å². The maximum atomic E-state index is 10.7. The third-order valence-corrected chi connectivity index (χ3v) is 10.6. The number of aliphatic imine (C=N–C) groups is 1. The van der Waals surface area contributed by atoms with E-state index >= 15 is 0 Å². The van der Waals surface area contributed by atoms with Crippen LogP contribution < -0.4 is 0 Å². The molecule has 0 aliphatic heterocycles. The SMILES string of the molecule is CC(C)c1cc(C(C)C)c(-c2ccc(-c3cc(-c4ccccc4)c4nc(-c5ccccc5N=Cc5cc(C(C)(C)C)ccc5O)oc4c3)cc2)c(C(C)C)c1. The molecule has 0 saturated carbocycles. The Morgan fingerprint density at radius 2 is 1.25 bits per heavy atom. The van der Waals surface area contributed by atoms with Gasteiger partial charge in [-0.15, -0.1) is 0 Å². The van der Waals surface area contributed by atoms with Crippen molar-refractivity contribution in [2.24, 2.45) is 4.99 Å². The van der Waals surface area contributed by atoms with Crippen LogP contribution in [0.15, 0.2) is 131 Å². The lowest BCUT2D eigenvalue weighted by Crippen LogP contribution is -2.11. The van der Waals surface area contributed by atoms with Crippen LogP contribution in [0.4, 0.5) is 5.69 Å². The van der Waals surface area contributed by atoms with Crippen LogP contribution in [-0.4, -0.2) is 16.3 Å². The molecule has 4 heteroatoms. The maximum Gasteiger partial charge on any atom is 0.229 e. The Morgan fingerprint density at radius 3 is 1.89 bits per heavy atom. The highest BCUT2D eigenvalue weighted by Gasteiger charge is 2.21. The first kappa shape index (κ1) is 37.6. The largest absolute Gasteiger partial charge is 0.507 e. The summed E-state index contributed by atoms with van der Waals surface area (Å²) in [6.45, 7) is 20.2. The number of hydrogen-bond donors (Lipinski definition) is 1. The second kappa shape index (κ2) is 15.2. The van der Waals surface area contributed by atoms with Gasteiger partial charge >= 0.3 is 0 Å². The number of phenolic OH excluding ortho intramolecular Hbond substituents is 1. The van der Waals surface area contributed by atoms with Crippen molar-refractivity contribution in [3.8, 4) is 50.6 Å². The number of nitrogens with zero attached hydrogens (tertiary/aromatic N) is 2. The summed E-state index contributed by atoms with van der Waals surface area (Å²) in [4.78, 5) is 9.96. The van der Waals surface area contributed by atoms with Gasteiger partial charge in [0.25, 0.3) is 0 Å². The molecule has 0 aliphatic rings. The monoisotopic (exact) mass is 724 g/mol. The lowest BCUT2D eigenvalue weighted by Gasteiger charge is -2.23. The molecule has 7 aromatic rings. The Hall–Kier alpha value is -5.74. The lowest BCUT2D eigenvalue weighted by molar-refractivity contribution is 0.473. The molecule has 0 aliphatic carbocycles. The molecule has 6 aromatic carbocycles. The number of oxazole rings is 1. The number of phenols is 1. The Kier molecular flexibility index (Phi) is 10.4. The number of para-hydroxylation sites is 1. The number of fused-ring (bicyclic) bond motifs is 1. The Labute approximate surface area is 326 Å². The number of aromatic nitrogens is 1. The average Bonchev–Trinajstić information content (AvgIpc) is 3.61. The predicted octanol–water partition coefficient (Wildman–Crippen LogP) is 14.6. The van der Waals surface area contributed by atoms with E-state index in [1.807, 2.05) is 42.5 Å². The van der Waals surface area contributed by atoms with Gasteiger partial charge < -0.3 is 9.52 Å². The molecule has 278 valence electrons. The summed E-state index contributed by atoms with van der Waals surface area (Å²) < 4.78 is 6.63. The summed E-state index contributed by atoms with van der Waals surface area (Å²) in [6, 6.07) is 42.1. The minimum atomic E-state index is -0.0576. The molecule has 0 radical (unpaired) electrons. The normalized spacial score (nSPS) is 12.2. The van der Waals surface area contributed by atoms with Gasteiger partial charge in [0.1, 0.15) is 11.3 Å². The van der Waals surface area contributed by atoms with Crippen molar-refractivity contribution in [2.75, 3.05) is 0 Å². The van der Waals surface area contributed by atoms with E-state index < -0.39 is 0 Å². The highest BCUT2D eigenvalue weighted by molar-refractivity contribution is 5.97. The van der Waals surface area contributed by atoms with E-state index in [4.69, 9.17) is 14.4 Å². The zero-order chi connectivity index (χ0) is 39.0. The average molecular weight is 725 g/mol. The van der Waals surface area contributed by atoms with Crippen LogP contribution >= 0.6 is 0 Å². The van der Waals surface area contributed by atoms with Gasteiger partial charge in [0, 0.05) is 17.3 Å². The van der Waals surface area contributed by atoms with Gasteiger partial charge in [-0.3, -0.25) is 4.99 Å². The minimum absolute atomic E-state index is 0.0576. The van der Waals surface area contributed by atoms with Crippen LogP contribution in [0.3, 0.4) is 0 Å². The van der Waals surface area contributed by atoms with Crippen molar-refractivity contribution in [2.45, 2.75) is 85.5 Å². The molecule has 0 fully saturated rings. The topological polar surface area (TPSA) is 58.6 Å². The van der Waals surface area contributed by atoms with Crippen LogP contribution in [-0.2, 0) is 5.41 Å². The van der Waals surface area contributed by atoms with Gasteiger partial charge in [0.05, 0.1) is 11.3 Å². The van der Waals surface area contributed by atoms with Crippen molar-refractivity contribution >= 4 is 23.0 Å². The molecule has 0 atom stereocenters. The van der Waals surface area contributed by atoms with Crippen LogP contribution in [0.25, 0.3) is 55.9 Å². The van der Waals surface area contributed by atoms with E-state index in [1.54, 1.807) is 12.3 Å². The molecule has 0 spiro atoms. The highest BCUT2D eigenvalue weighted by atomic mass is 16.3. The molecule has 1 aromatic heterocycles. The molecule has 0 bridgehead atoms. The Balaban J connectivity index is 1.31. The van der Waals surface area contributed by atoms with Crippen LogP contribution in [0, 0.1) is 0 Å². The van der Waals surface area contributed by atoms with Gasteiger partial charge in [0.15, 0.2) is 5.58 Å². The van der Waals surface area contributed by atoms with Crippen molar-refractivity contribution in [1.82, 2.24) is 4.98 Å². The zero-order valence-corrected chi connectivity index (χ0v) is 33.6. The van der Waals surface area contributed by atoms with Crippen molar-refractivity contribution in [3.63, 3.8) is 0 Å². The fourth-order valence-electron chi connectivity index (χ4n) is 7.30. The Morgan fingerprint density at radius 1 is 0.618 bits per heavy atom. The third-order valence-electron chi connectivity index (χ3n) is 10.6. The molecule has 55 heavy (non-hydrogen) atoms. The zero-order valence-electron chi connectivity index (χ0n) is 33.6. The number of benzene rings is 6. The summed E-state index contributed by atoms with van der Waals surface area (Å²) in [5.74, 6) is 1.97. The standard InChI is InChI=1S/C51H52N2O2/c1-31(2)37-26-42(32(3)4)48(43(27-37)33(5)6)36-21-19-34(20-22-36)38-28-44(35-15-11-10-12-16-35)49-47(29-38)55-50(53-49)41-17-13-14-18-45(41)52-30-39-25-40(51(7,8)9)23-24-46(39)54/h10-33,54H,1-9H3. The molecule has 7 rings (SSSR count). The maximum absolute atomic E-state index is 10.7. The van der Waals surface area contributed by atoms with Crippen LogP contribution in [0.2, 0.25) is 0 Å². The quantitative estimate of drug-likeness (QED) is 0.151. The van der Waals surface area contributed by atoms with Gasteiger partial charge in [0.2, 0.25) is 5.89 Å². The smallest absolute Gasteiger partial charge is 0.229 e. The van der Waals surface area contributed by atoms with Gasteiger partial charge in [-0.05, 0) is 110 Å². The molecule has 0 saturated heterocycles. The van der Waals surface area contributed by atoms with Gasteiger partial charge in [-0.25, -0.2) is 4.98 Å². The molecule has 1 N–H and O–H groups in total. The third kappa shape index (κ3) is 7.77. The molecule has 4 nitrogen and oxygen atoms in total. The first-order valence-electron chi connectivity index (χ1n) is 19.5. The number of aromatic hydroxyl groups is 1. The summed E-state index contributed by atoms with van der Waals surface area (Å²) in [5, 5.41) is 10.7. The molecule has 1 heterocycles. The summed E-state index contributed by atoms with van der Waals surface area (Å²) in [7, 11) is 0. The summed E-state index contributed by atoms with van der Waals surface area (Å²) in [6.07, 6.45) is 1.72. The minimum Gasteiger partial charge on any atom is -0.507 e. The fourth-order valence-corrected chi connectivity index (χ4v) is 7.30. The van der Waals surface area contributed by atoms with E-state index in [-0.39, 0.29) is 11.2 Å². The molecular weight excluding hydrogens is 673 g/mol. The summed E-state index contributed by atoms with van der Waals surface area (Å²) in [5.41, 5.74) is 15.8. The second-order valence-electron chi connectivity index (χ2n) is 16.7. The first-order valence-corrected chi connectivity index (χ1v) is 19.5. The fraction of sp³-hybridized carbons (Fsp3) is 0.255. The second-order valence-corrected chi connectivity index (χ2v) is 16.7. The number of hydrogen-bond acceptors (Lipinski definition) is 4. The van der Waals surface area contributed by atoms with E-state index in [2.05, 4.69) is 135 Å². The molecular formula is C51H52N2O2. The number of rotatable bonds is 9. The van der Waals surface area contributed by atoms with E-state index in [1.165, 1.54) is 27.8 Å². The van der Waals surface area contributed by atoms with E-state index in [0.717, 1.165) is 38.9 Å². The van der Waals surface area contributed by atoms with Crippen molar-refractivity contribution in [1.29, 1.82) is 0 Å². The van der Waals surface area contributed by atoms with E-state index in [0.29, 0.717) is 40.5 Å². The van der Waals surface area contributed by atoms with E-state index in [9.17, 15) is 5.11 Å². The van der Waals surface area contributed by atoms with Crippen LogP contribution in [0.5, 0.6) is 5.75 Å². The van der Waals surface area contributed by atoms with Crippen molar-refractivity contribution < 1.29 is 9.52 Å². The van der Waals surface area contributed by atoms with Gasteiger partial charge in [-0.1, -0.05) is 147 Å². The Bertz CT molecular complexity index is 2470. The molecule has 0 amide bonds. The lowest BCUT2D eigenvalue weighted by atomic mass is 9.81. The highest BCUT2D eigenvalue weighted by Crippen LogP contribution is 2.42. The summed E-state index contributed by atoms with van der Waals surface area (Å²) >= 11 is 0. The van der Waals surface area contributed by atoms with Crippen molar-refractivity contribution in [3.05, 3.63) is 149 Å².